The van der Waals surface area contributed by atoms with Gasteiger partial charge < -0.3 is 4.84 Å². The lowest BCUT2D eigenvalue weighted by Gasteiger charge is -2.20. The third-order valence-electron chi connectivity index (χ3n) is 1.53. The van der Waals surface area contributed by atoms with Crippen LogP contribution in [0, 0.1) is 0 Å². The first-order valence-corrected chi connectivity index (χ1v) is 4.04. The van der Waals surface area contributed by atoms with E-state index in [1.54, 1.807) is 12.1 Å². The smallest absolute Gasteiger partial charge is 0.211 e. The SMILES string of the molecule is FC1=CC=NN(Oc2ccccc2)N1. The molecule has 1 aromatic rings. The molecule has 0 aliphatic carbocycles. The van der Waals surface area contributed by atoms with Gasteiger partial charge in [0, 0.05) is 6.08 Å². The second-order valence-electron chi connectivity index (χ2n) is 2.57. The topological polar surface area (TPSA) is 36.9 Å². The summed E-state index contributed by atoms with van der Waals surface area (Å²) in [5.74, 6) is 0.0581. The van der Waals surface area contributed by atoms with Gasteiger partial charge in [0.2, 0.25) is 5.95 Å². The van der Waals surface area contributed by atoms with Crippen molar-refractivity contribution in [3.05, 3.63) is 42.4 Å². The van der Waals surface area contributed by atoms with Crippen LogP contribution in [-0.4, -0.2) is 11.5 Å². The molecule has 0 bridgehead atoms. The summed E-state index contributed by atoms with van der Waals surface area (Å²) in [7, 11) is 0. The zero-order valence-electron chi connectivity index (χ0n) is 7.22. The molecule has 1 aromatic carbocycles. The third-order valence-corrected chi connectivity index (χ3v) is 1.53. The van der Waals surface area contributed by atoms with E-state index >= 15 is 0 Å². The molecule has 0 saturated carbocycles. The fourth-order valence-electron chi connectivity index (χ4n) is 0.944. The summed E-state index contributed by atoms with van der Waals surface area (Å²) in [6, 6.07) is 8.98. The number of rotatable bonds is 2. The summed E-state index contributed by atoms with van der Waals surface area (Å²) in [6.07, 6.45) is 2.50. The van der Waals surface area contributed by atoms with Gasteiger partial charge in [-0.25, -0.2) is 5.43 Å². The number of nitrogens with zero attached hydrogens (tertiary/aromatic N) is 2. The molecule has 0 fully saturated rings. The highest BCUT2D eigenvalue weighted by Gasteiger charge is 2.07. The van der Waals surface area contributed by atoms with E-state index in [1.165, 1.54) is 12.3 Å². The molecular weight excluding hydrogens is 185 g/mol. The average molecular weight is 193 g/mol. The molecule has 0 amide bonds. The zero-order chi connectivity index (χ0) is 9.80. The van der Waals surface area contributed by atoms with Crippen LogP contribution < -0.4 is 10.3 Å². The van der Waals surface area contributed by atoms with Gasteiger partial charge in [0.15, 0.2) is 5.75 Å². The molecule has 1 heterocycles. The van der Waals surface area contributed by atoms with E-state index in [9.17, 15) is 4.39 Å². The maximum atomic E-state index is 12.7. The standard InChI is InChI=1S/C9H8FN3O/c10-9-6-7-11-13(12-9)14-8-4-2-1-3-5-8/h1-7,12H. The van der Waals surface area contributed by atoms with Crippen molar-refractivity contribution in [1.82, 2.24) is 10.7 Å². The number of hydrogen-bond acceptors (Lipinski definition) is 4. The van der Waals surface area contributed by atoms with Gasteiger partial charge in [0.1, 0.15) is 0 Å². The van der Waals surface area contributed by atoms with Gasteiger partial charge in [-0.3, -0.25) is 0 Å². The van der Waals surface area contributed by atoms with Crippen LogP contribution in [0.15, 0.2) is 47.5 Å². The van der Waals surface area contributed by atoms with Gasteiger partial charge in [-0.1, -0.05) is 18.2 Å². The van der Waals surface area contributed by atoms with Crippen molar-refractivity contribution in [2.45, 2.75) is 0 Å². The van der Waals surface area contributed by atoms with Gasteiger partial charge in [-0.05, 0) is 17.4 Å². The summed E-state index contributed by atoms with van der Waals surface area (Å²) in [5.41, 5.74) is 2.27. The molecule has 0 saturated heterocycles. The van der Waals surface area contributed by atoms with Crippen molar-refractivity contribution in [2.75, 3.05) is 0 Å². The summed E-state index contributed by atoms with van der Waals surface area (Å²) in [6.45, 7) is 0. The molecule has 4 nitrogen and oxygen atoms in total. The van der Waals surface area contributed by atoms with Crippen molar-refractivity contribution in [3.8, 4) is 5.75 Å². The Kier molecular flexibility index (Phi) is 2.31. The molecule has 0 unspecified atom stereocenters. The average Bonchev–Trinajstić information content (AvgIpc) is 2.19. The minimum Gasteiger partial charge on any atom is -0.343 e. The summed E-state index contributed by atoms with van der Waals surface area (Å²) < 4.78 is 12.7. The molecule has 14 heavy (non-hydrogen) atoms. The van der Waals surface area contributed by atoms with Crippen molar-refractivity contribution in [3.63, 3.8) is 0 Å². The first kappa shape index (κ1) is 8.55. The largest absolute Gasteiger partial charge is 0.343 e. The van der Waals surface area contributed by atoms with E-state index < -0.39 is 5.95 Å². The van der Waals surface area contributed by atoms with Crippen LogP contribution in [0.4, 0.5) is 4.39 Å². The molecule has 72 valence electrons. The number of hydrogen-bond donors (Lipinski definition) is 1. The first-order chi connectivity index (χ1) is 6.84. The Bertz CT molecular complexity index is 364. The minimum atomic E-state index is -0.518. The van der Waals surface area contributed by atoms with Gasteiger partial charge in [0.25, 0.3) is 0 Å². The van der Waals surface area contributed by atoms with Crippen LogP contribution in [0.1, 0.15) is 0 Å². The number of hydrazone groups is 1. The number of para-hydroxylation sites is 1. The lowest BCUT2D eigenvalue weighted by atomic mass is 10.3. The number of benzene rings is 1. The highest BCUT2D eigenvalue weighted by Crippen LogP contribution is 2.11. The van der Waals surface area contributed by atoms with E-state index in [0.717, 1.165) is 5.28 Å². The fraction of sp³-hybridized carbons (Fsp3) is 0. The molecule has 2 rings (SSSR count). The number of halogens is 1. The summed E-state index contributed by atoms with van der Waals surface area (Å²) >= 11 is 0. The minimum absolute atomic E-state index is 0.518. The number of nitrogens with one attached hydrogen (secondary N) is 1. The normalized spacial score (nSPS) is 14.6. The van der Waals surface area contributed by atoms with Crippen LogP contribution >= 0.6 is 0 Å². The van der Waals surface area contributed by atoms with Crippen molar-refractivity contribution < 1.29 is 9.23 Å². The van der Waals surface area contributed by atoms with Crippen LogP contribution in [0.3, 0.4) is 0 Å². The molecule has 1 aliphatic heterocycles. The van der Waals surface area contributed by atoms with Crippen molar-refractivity contribution in [1.29, 1.82) is 0 Å². The van der Waals surface area contributed by atoms with Crippen LogP contribution in [0.2, 0.25) is 0 Å². The van der Waals surface area contributed by atoms with Gasteiger partial charge in [-0.2, -0.15) is 4.39 Å². The predicted octanol–water partition coefficient (Wildman–Crippen LogP) is 1.60. The Morgan fingerprint density at radius 3 is 2.79 bits per heavy atom. The Morgan fingerprint density at radius 1 is 1.29 bits per heavy atom. The lowest BCUT2D eigenvalue weighted by Crippen LogP contribution is -2.36. The lowest BCUT2D eigenvalue weighted by molar-refractivity contribution is -0.101. The third kappa shape index (κ3) is 2.01. The molecule has 0 atom stereocenters. The second kappa shape index (κ2) is 3.78. The van der Waals surface area contributed by atoms with E-state index in [1.807, 2.05) is 18.2 Å². The summed E-state index contributed by atoms with van der Waals surface area (Å²) in [5, 5.41) is 4.68. The Morgan fingerprint density at radius 2 is 2.07 bits per heavy atom. The second-order valence-corrected chi connectivity index (χ2v) is 2.57. The Balaban J connectivity index is 2.00. The zero-order valence-corrected chi connectivity index (χ0v) is 7.22. The molecule has 5 heteroatoms. The monoisotopic (exact) mass is 193 g/mol. The predicted molar refractivity (Wildman–Crippen MR) is 49.7 cm³/mol. The highest BCUT2D eigenvalue weighted by molar-refractivity contribution is 5.71. The Labute approximate surface area is 80.2 Å². The highest BCUT2D eigenvalue weighted by atomic mass is 19.1. The summed E-state index contributed by atoms with van der Waals surface area (Å²) in [4.78, 5) is 5.17. The van der Waals surface area contributed by atoms with E-state index in [0.29, 0.717) is 5.75 Å². The molecule has 1 aliphatic rings. The van der Waals surface area contributed by atoms with E-state index in [4.69, 9.17) is 4.84 Å². The molecule has 0 spiro atoms. The molecular formula is C9H8FN3O. The van der Waals surface area contributed by atoms with E-state index in [2.05, 4.69) is 10.5 Å². The van der Waals surface area contributed by atoms with Crippen LogP contribution in [0.5, 0.6) is 5.75 Å². The maximum absolute atomic E-state index is 12.7. The molecule has 1 N–H and O–H groups in total. The quantitative estimate of drug-likeness (QED) is 0.725. The van der Waals surface area contributed by atoms with Crippen LogP contribution in [-0.2, 0) is 0 Å². The number of hydrazine groups is 1. The van der Waals surface area contributed by atoms with Crippen molar-refractivity contribution >= 4 is 6.21 Å². The maximum Gasteiger partial charge on any atom is 0.211 e. The Hall–Kier alpha value is -2.04. The van der Waals surface area contributed by atoms with Gasteiger partial charge in [-0.15, -0.1) is 5.10 Å². The van der Waals surface area contributed by atoms with Gasteiger partial charge in [0.05, 0.1) is 6.21 Å². The van der Waals surface area contributed by atoms with Crippen LogP contribution in [0.25, 0.3) is 0 Å². The molecule has 0 radical (unpaired) electrons. The fourth-order valence-corrected chi connectivity index (χ4v) is 0.944. The first-order valence-electron chi connectivity index (χ1n) is 4.04. The van der Waals surface area contributed by atoms with Gasteiger partial charge >= 0.3 is 0 Å². The van der Waals surface area contributed by atoms with E-state index in [-0.39, 0.29) is 0 Å². The van der Waals surface area contributed by atoms with Crippen molar-refractivity contribution in [2.24, 2.45) is 5.10 Å². The molecule has 0 aromatic heterocycles. The number of allylic oxidation sites excluding steroid dienone is 1.